The Morgan fingerprint density at radius 2 is 2.00 bits per heavy atom. The van der Waals surface area contributed by atoms with Gasteiger partial charge in [0.2, 0.25) is 0 Å². The van der Waals surface area contributed by atoms with Gasteiger partial charge in [0, 0.05) is 17.8 Å². The van der Waals surface area contributed by atoms with E-state index in [0.717, 1.165) is 11.4 Å². The third-order valence-electron chi connectivity index (χ3n) is 3.21. The van der Waals surface area contributed by atoms with E-state index in [0.29, 0.717) is 24.3 Å². The number of hydrogen-bond acceptors (Lipinski definition) is 3. The molecule has 0 spiro atoms. The molecule has 1 aromatic carbocycles. The van der Waals surface area contributed by atoms with Crippen molar-refractivity contribution >= 4 is 11.4 Å². The molecule has 0 aromatic heterocycles. The van der Waals surface area contributed by atoms with Crippen molar-refractivity contribution in [3.63, 3.8) is 0 Å². The van der Waals surface area contributed by atoms with E-state index in [-0.39, 0.29) is 0 Å². The molecule has 0 saturated heterocycles. The van der Waals surface area contributed by atoms with Gasteiger partial charge >= 0.3 is 0 Å². The molecule has 1 rings (SSSR count). The van der Waals surface area contributed by atoms with Crippen LogP contribution in [-0.2, 0) is 0 Å². The molecule has 0 fully saturated rings. The van der Waals surface area contributed by atoms with Crippen molar-refractivity contribution < 1.29 is 4.74 Å². The zero-order chi connectivity index (χ0) is 12.8. The quantitative estimate of drug-likeness (QED) is 0.743. The number of anilines is 2. The summed E-state index contributed by atoms with van der Waals surface area (Å²) >= 11 is 0. The minimum atomic E-state index is 0.443. The van der Waals surface area contributed by atoms with Gasteiger partial charge in [0.05, 0.1) is 12.3 Å². The zero-order valence-corrected chi connectivity index (χ0v) is 11.3. The molecule has 1 aromatic rings. The number of hydrogen-bond donors (Lipinski definition) is 2. The van der Waals surface area contributed by atoms with Gasteiger partial charge in [0.15, 0.2) is 0 Å². The van der Waals surface area contributed by atoms with Gasteiger partial charge in [0.1, 0.15) is 5.75 Å². The highest BCUT2D eigenvalue weighted by Gasteiger charge is 2.10. The Labute approximate surface area is 104 Å². The first-order valence-corrected chi connectivity index (χ1v) is 6.37. The average Bonchev–Trinajstić information content (AvgIpc) is 2.32. The predicted molar refractivity (Wildman–Crippen MR) is 74.6 cm³/mol. The van der Waals surface area contributed by atoms with E-state index in [1.807, 2.05) is 25.1 Å². The first-order valence-electron chi connectivity index (χ1n) is 6.37. The number of nitrogens with two attached hydrogens (primary N) is 1. The second kappa shape index (κ2) is 6.38. The summed E-state index contributed by atoms with van der Waals surface area (Å²) in [6.45, 7) is 9.25. The molecule has 3 nitrogen and oxygen atoms in total. The standard InChI is InChI=1S/C14H24N2O/c1-5-10(3)11(4)16-12-7-8-13(15)14(9-12)17-6-2/h7-11,16H,5-6,15H2,1-4H3. The van der Waals surface area contributed by atoms with E-state index in [1.165, 1.54) is 6.42 Å². The maximum absolute atomic E-state index is 5.84. The van der Waals surface area contributed by atoms with Crippen LogP contribution in [0.15, 0.2) is 18.2 Å². The molecule has 0 aliphatic carbocycles. The number of nitrogens with one attached hydrogen (secondary N) is 1. The first-order chi connectivity index (χ1) is 8.08. The molecular formula is C14H24N2O. The second-order valence-electron chi connectivity index (χ2n) is 4.50. The minimum Gasteiger partial charge on any atom is -0.492 e. The number of rotatable bonds is 6. The molecule has 3 heteroatoms. The Morgan fingerprint density at radius 1 is 1.29 bits per heavy atom. The summed E-state index contributed by atoms with van der Waals surface area (Å²) in [5, 5.41) is 3.48. The lowest BCUT2D eigenvalue weighted by Gasteiger charge is -2.21. The summed E-state index contributed by atoms with van der Waals surface area (Å²) in [4.78, 5) is 0. The minimum absolute atomic E-state index is 0.443. The number of ether oxygens (including phenoxy) is 1. The van der Waals surface area contributed by atoms with Crippen LogP contribution >= 0.6 is 0 Å². The Hall–Kier alpha value is -1.38. The SMILES string of the molecule is CCOc1cc(NC(C)C(C)CC)ccc1N. The molecule has 0 bridgehead atoms. The summed E-state index contributed by atoms with van der Waals surface area (Å²) < 4.78 is 5.48. The predicted octanol–water partition coefficient (Wildman–Crippen LogP) is 3.51. The van der Waals surface area contributed by atoms with E-state index in [1.54, 1.807) is 0 Å². The molecule has 2 atom stereocenters. The van der Waals surface area contributed by atoms with Gasteiger partial charge in [-0.15, -0.1) is 0 Å². The van der Waals surface area contributed by atoms with Gasteiger partial charge in [-0.25, -0.2) is 0 Å². The van der Waals surface area contributed by atoms with Crippen molar-refractivity contribution in [3.05, 3.63) is 18.2 Å². The third-order valence-corrected chi connectivity index (χ3v) is 3.21. The summed E-state index contributed by atoms with van der Waals surface area (Å²) in [6.07, 6.45) is 1.17. The van der Waals surface area contributed by atoms with Gasteiger partial charge in [0.25, 0.3) is 0 Å². The fraction of sp³-hybridized carbons (Fsp3) is 0.571. The molecule has 2 unspecified atom stereocenters. The molecule has 3 N–H and O–H groups in total. The first kappa shape index (κ1) is 13.7. The van der Waals surface area contributed by atoms with Crippen LogP contribution < -0.4 is 15.8 Å². The van der Waals surface area contributed by atoms with Crippen molar-refractivity contribution in [2.45, 2.75) is 40.2 Å². The maximum atomic E-state index is 5.84. The monoisotopic (exact) mass is 236 g/mol. The zero-order valence-electron chi connectivity index (χ0n) is 11.3. The molecule has 96 valence electrons. The van der Waals surface area contributed by atoms with Crippen LogP contribution in [0.1, 0.15) is 34.1 Å². The van der Waals surface area contributed by atoms with Crippen LogP contribution in [0.3, 0.4) is 0 Å². The van der Waals surface area contributed by atoms with Crippen LogP contribution in [0.5, 0.6) is 5.75 Å². The van der Waals surface area contributed by atoms with E-state index >= 15 is 0 Å². The molecule has 0 aliphatic heterocycles. The van der Waals surface area contributed by atoms with Crippen molar-refractivity contribution in [2.24, 2.45) is 5.92 Å². The van der Waals surface area contributed by atoms with Crippen molar-refractivity contribution in [2.75, 3.05) is 17.7 Å². The Balaban J connectivity index is 2.74. The molecule has 0 radical (unpaired) electrons. The highest BCUT2D eigenvalue weighted by Crippen LogP contribution is 2.26. The lowest BCUT2D eigenvalue weighted by atomic mass is 10.0. The summed E-state index contributed by atoms with van der Waals surface area (Å²) in [7, 11) is 0. The Bertz CT molecular complexity index is 352. The lowest BCUT2D eigenvalue weighted by Crippen LogP contribution is -2.23. The Kier molecular flexibility index (Phi) is 5.13. The van der Waals surface area contributed by atoms with Gasteiger partial charge in [-0.05, 0) is 31.9 Å². The molecule has 0 saturated carbocycles. The van der Waals surface area contributed by atoms with Crippen LogP contribution in [0.2, 0.25) is 0 Å². The molecular weight excluding hydrogens is 212 g/mol. The number of benzene rings is 1. The van der Waals surface area contributed by atoms with E-state index in [2.05, 4.69) is 26.1 Å². The van der Waals surface area contributed by atoms with Crippen LogP contribution in [0.4, 0.5) is 11.4 Å². The second-order valence-corrected chi connectivity index (χ2v) is 4.50. The summed E-state index contributed by atoms with van der Waals surface area (Å²) in [5.74, 6) is 1.40. The van der Waals surface area contributed by atoms with Gasteiger partial charge in [-0.1, -0.05) is 20.3 Å². The molecule has 17 heavy (non-hydrogen) atoms. The van der Waals surface area contributed by atoms with Crippen molar-refractivity contribution in [1.82, 2.24) is 0 Å². The largest absolute Gasteiger partial charge is 0.492 e. The molecule has 0 amide bonds. The van der Waals surface area contributed by atoms with E-state index in [9.17, 15) is 0 Å². The van der Waals surface area contributed by atoms with Gasteiger partial charge in [-0.2, -0.15) is 0 Å². The van der Waals surface area contributed by atoms with Gasteiger partial charge in [-0.3, -0.25) is 0 Å². The summed E-state index contributed by atoms with van der Waals surface area (Å²) in [5.41, 5.74) is 7.59. The summed E-state index contributed by atoms with van der Waals surface area (Å²) in [6, 6.07) is 6.29. The van der Waals surface area contributed by atoms with Crippen LogP contribution in [-0.4, -0.2) is 12.6 Å². The fourth-order valence-corrected chi connectivity index (χ4v) is 1.66. The Morgan fingerprint density at radius 3 is 2.59 bits per heavy atom. The third kappa shape index (κ3) is 3.84. The van der Waals surface area contributed by atoms with Crippen LogP contribution in [0.25, 0.3) is 0 Å². The maximum Gasteiger partial charge on any atom is 0.144 e. The van der Waals surface area contributed by atoms with E-state index in [4.69, 9.17) is 10.5 Å². The highest BCUT2D eigenvalue weighted by atomic mass is 16.5. The average molecular weight is 236 g/mol. The van der Waals surface area contributed by atoms with Crippen molar-refractivity contribution in [3.8, 4) is 5.75 Å². The van der Waals surface area contributed by atoms with E-state index < -0.39 is 0 Å². The normalized spacial score (nSPS) is 14.1. The fourth-order valence-electron chi connectivity index (χ4n) is 1.66. The van der Waals surface area contributed by atoms with Gasteiger partial charge < -0.3 is 15.8 Å². The lowest BCUT2D eigenvalue weighted by molar-refractivity contribution is 0.342. The smallest absolute Gasteiger partial charge is 0.144 e. The topological polar surface area (TPSA) is 47.3 Å². The number of nitrogen functional groups attached to an aromatic ring is 1. The molecule has 0 heterocycles. The van der Waals surface area contributed by atoms with Crippen LogP contribution in [0, 0.1) is 5.92 Å². The highest BCUT2D eigenvalue weighted by molar-refractivity contribution is 5.61. The van der Waals surface area contributed by atoms with Crippen molar-refractivity contribution in [1.29, 1.82) is 0 Å². The molecule has 0 aliphatic rings.